The maximum Gasteiger partial charge on any atom is 0.224 e. The van der Waals surface area contributed by atoms with Crippen molar-refractivity contribution in [3.63, 3.8) is 0 Å². The monoisotopic (exact) mass is 370 g/mol. The van der Waals surface area contributed by atoms with E-state index in [4.69, 9.17) is 11.6 Å². The summed E-state index contributed by atoms with van der Waals surface area (Å²) < 4.78 is 0. The van der Waals surface area contributed by atoms with Gasteiger partial charge in [0.05, 0.1) is 0 Å². The van der Waals surface area contributed by atoms with Crippen molar-refractivity contribution in [2.45, 2.75) is 38.0 Å². The second-order valence-corrected chi connectivity index (χ2v) is 7.08. The van der Waals surface area contributed by atoms with Gasteiger partial charge in [0.1, 0.15) is 0 Å². The van der Waals surface area contributed by atoms with Crippen LogP contribution in [-0.2, 0) is 16.0 Å². The summed E-state index contributed by atoms with van der Waals surface area (Å²) in [6.07, 6.45) is 3.60. The number of halogens is 1. The largest absolute Gasteiger partial charge is 0.356 e. The van der Waals surface area contributed by atoms with Crippen LogP contribution in [0, 0.1) is 0 Å². The zero-order valence-corrected chi connectivity index (χ0v) is 15.4. The molecule has 2 amide bonds. The highest BCUT2D eigenvalue weighted by Gasteiger charge is 2.23. The van der Waals surface area contributed by atoms with Crippen molar-refractivity contribution in [1.29, 1.82) is 0 Å². The number of nitrogens with one attached hydrogen (secondary N) is 2. The normalized spacial score (nSPS) is 15.3. The number of hydrogen-bond donors (Lipinski definition) is 2. The Hall–Kier alpha value is -2.33. The first-order valence-electron chi connectivity index (χ1n) is 9.02. The van der Waals surface area contributed by atoms with E-state index in [1.165, 1.54) is 11.1 Å². The smallest absolute Gasteiger partial charge is 0.224 e. The summed E-state index contributed by atoms with van der Waals surface area (Å²) in [4.78, 5) is 24.1. The number of benzene rings is 2. The number of rotatable bonds is 7. The van der Waals surface area contributed by atoms with E-state index < -0.39 is 0 Å². The van der Waals surface area contributed by atoms with Crippen LogP contribution >= 0.6 is 11.6 Å². The molecule has 136 valence electrons. The summed E-state index contributed by atoms with van der Waals surface area (Å²) in [5.74, 6) is 0.315. The summed E-state index contributed by atoms with van der Waals surface area (Å²) >= 11 is 5.82. The Bertz CT molecular complexity index is 774. The third-order valence-corrected chi connectivity index (χ3v) is 4.97. The Morgan fingerprint density at radius 3 is 2.62 bits per heavy atom. The molecule has 2 N–H and O–H groups in total. The third-order valence-electron chi connectivity index (χ3n) is 4.72. The molecule has 0 fully saturated rings. The minimum absolute atomic E-state index is 0.0600. The maximum atomic E-state index is 12.2. The highest BCUT2D eigenvalue weighted by Crippen LogP contribution is 2.34. The molecule has 0 spiro atoms. The van der Waals surface area contributed by atoms with Gasteiger partial charge in [-0.15, -0.1) is 0 Å². The Balaban J connectivity index is 1.34. The van der Waals surface area contributed by atoms with E-state index in [1.54, 1.807) is 24.3 Å². The third kappa shape index (κ3) is 5.09. The zero-order valence-electron chi connectivity index (χ0n) is 14.6. The average Bonchev–Trinajstić information content (AvgIpc) is 3.04. The molecule has 0 aromatic heterocycles. The van der Waals surface area contributed by atoms with Crippen molar-refractivity contribution < 1.29 is 9.59 Å². The van der Waals surface area contributed by atoms with E-state index in [9.17, 15) is 9.59 Å². The fraction of sp³-hybridized carbons (Fsp3) is 0.333. The lowest BCUT2D eigenvalue weighted by Gasteiger charge is -2.12. The van der Waals surface area contributed by atoms with Crippen LogP contribution in [0.4, 0.5) is 5.69 Å². The van der Waals surface area contributed by atoms with E-state index in [0.29, 0.717) is 36.7 Å². The molecular formula is C21H23ClN2O2. The summed E-state index contributed by atoms with van der Waals surface area (Å²) in [6, 6.07) is 15.4. The van der Waals surface area contributed by atoms with Crippen LogP contribution in [0.25, 0.3) is 0 Å². The van der Waals surface area contributed by atoms with Gasteiger partial charge < -0.3 is 10.6 Å². The lowest BCUT2D eigenvalue weighted by atomic mass is 9.97. The molecule has 4 nitrogen and oxygen atoms in total. The van der Waals surface area contributed by atoms with Crippen LogP contribution in [0.1, 0.15) is 42.7 Å². The summed E-state index contributed by atoms with van der Waals surface area (Å²) in [7, 11) is 0. The van der Waals surface area contributed by atoms with Crippen molar-refractivity contribution in [2.75, 3.05) is 11.9 Å². The van der Waals surface area contributed by atoms with Gasteiger partial charge in [0.25, 0.3) is 0 Å². The predicted octanol–water partition coefficient (Wildman–Crippen LogP) is 4.30. The number of amides is 2. The van der Waals surface area contributed by atoms with Gasteiger partial charge in [-0.1, -0.05) is 35.9 Å². The van der Waals surface area contributed by atoms with Gasteiger partial charge in [-0.25, -0.2) is 0 Å². The number of anilines is 1. The van der Waals surface area contributed by atoms with Crippen LogP contribution in [0.3, 0.4) is 0 Å². The molecule has 0 aliphatic heterocycles. The number of carbonyl (C=O) groups excluding carboxylic acids is 2. The Morgan fingerprint density at radius 1 is 1.04 bits per heavy atom. The SMILES string of the molecule is O=C(CC1CCc2ccccc21)NCCCC(=O)Nc1ccc(Cl)cc1. The second-order valence-electron chi connectivity index (χ2n) is 6.65. The molecule has 26 heavy (non-hydrogen) atoms. The second kappa shape index (κ2) is 8.86. The lowest BCUT2D eigenvalue weighted by molar-refractivity contribution is -0.122. The molecule has 0 bridgehead atoms. The topological polar surface area (TPSA) is 58.2 Å². The quantitative estimate of drug-likeness (QED) is 0.714. The van der Waals surface area contributed by atoms with Crippen LogP contribution in [0.15, 0.2) is 48.5 Å². The molecule has 2 aromatic carbocycles. The van der Waals surface area contributed by atoms with Gasteiger partial charge in [0.2, 0.25) is 11.8 Å². The van der Waals surface area contributed by atoms with Crippen LogP contribution in [0.2, 0.25) is 5.02 Å². The van der Waals surface area contributed by atoms with Crippen LogP contribution in [0.5, 0.6) is 0 Å². The molecular weight excluding hydrogens is 348 g/mol. The minimum atomic E-state index is -0.0636. The predicted molar refractivity (Wildman–Crippen MR) is 104 cm³/mol. The van der Waals surface area contributed by atoms with Crippen LogP contribution < -0.4 is 10.6 Å². The molecule has 1 aliphatic carbocycles. The first-order valence-corrected chi connectivity index (χ1v) is 9.39. The Kier molecular flexibility index (Phi) is 6.29. The number of hydrogen-bond acceptors (Lipinski definition) is 2. The molecule has 1 unspecified atom stereocenters. The minimum Gasteiger partial charge on any atom is -0.356 e. The Labute approximate surface area is 158 Å². The van der Waals surface area contributed by atoms with E-state index in [1.807, 2.05) is 6.07 Å². The molecule has 1 aliphatic rings. The fourth-order valence-corrected chi connectivity index (χ4v) is 3.51. The van der Waals surface area contributed by atoms with E-state index in [0.717, 1.165) is 18.5 Å². The molecule has 0 saturated carbocycles. The summed E-state index contributed by atoms with van der Waals surface area (Å²) in [6.45, 7) is 0.515. The maximum absolute atomic E-state index is 12.2. The molecule has 2 aromatic rings. The van der Waals surface area contributed by atoms with Gasteiger partial charge >= 0.3 is 0 Å². The van der Waals surface area contributed by atoms with Gasteiger partial charge in [-0.05, 0) is 60.6 Å². The number of aryl methyl sites for hydroxylation is 1. The highest BCUT2D eigenvalue weighted by molar-refractivity contribution is 6.30. The molecule has 5 heteroatoms. The van der Waals surface area contributed by atoms with Crippen molar-refractivity contribution in [3.8, 4) is 0 Å². The number of carbonyl (C=O) groups is 2. The first kappa shape index (κ1) is 18.5. The van der Waals surface area contributed by atoms with Gasteiger partial charge in [-0.2, -0.15) is 0 Å². The van der Waals surface area contributed by atoms with Crippen LogP contribution in [-0.4, -0.2) is 18.4 Å². The highest BCUT2D eigenvalue weighted by atomic mass is 35.5. The zero-order chi connectivity index (χ0) is 18.4. The molecule has 0 heterocycles. The molecule has 3 rings (SSSR count). The number of fused-ring (bicyclic) bond motifs is 1. The Morgan fingerprint density at radius 2 is 1.81 bits per heavy atom. The van der Waals surface area contributed by atoms with Gasteiger partial charge in [0, 0.05) is 30.1 Å². The van der Waals surface area contributed by atoms with Gasteiger partial charge in [-0.3, -0.25) is 9.59 Å². The summed E-state index contributed by atoms with van der Waals surface area (Å²) in [5.41, 5.74) is 3.40. The standard InChI is InChI=1S/C21H23ClN2O2/c22-17-9-11-18(12-10-17)24-20(25)6-3-13-23-21(26)14-16-8-7-15-4-1-2-5-19(15)16/h1-2,4-5,9-12,16H,3,6-8,13-14H2,(H,23,26)(H,24,25). The van der Waals surface area contributed by atoms with E-state index in [-0.39, 0.29) is 11.8 Å². The van der Waals surface area contributed by atoms with Crippen molar-refractivity contribution in [2.24, 2.45) is 0 Å². The average molecular weight is 371 g/mol. The summed E-state index contributed by atoms with van der Waals surface area (Å²) in [5, 5.41) is 6.38. The fourth-order valence-electron chi connectivity index (χ4n) is 3.39. The molecule has 0 radical (unpaired) electrons. The van der Waals surface area contributed by atoms with E-state index >= 15 is 0 Å². The first-order chi connectivity index (χ1) is 12.6. The lowest BCUT2D eigenvalue weighted by Crippen LogP contribution is -2.26. The van der Waals surface area contributed by atoms with Crippen molar-refractivity contribution in [3.05, 3.63) is 64.7 Å². The van der Waals surface area contributed by atoms with Crippen molar-refractivity contribution in [1.82, 2.24) is 5.32 Å². The van der Waals surface area contributed by atoms with E-state index in [2.05, 4.69) is 28.8 Å². The van der Waals surface area contributed by atoms with Crippen molar-refractivity contribution >= 4 is 29.1 Å². The van der Waals surface area contributed by atoms with Gasteiger partial charge in [0.15, 0.2) is 0 Å². The molecule has 0 saturated heterocycles. The molecule has 1 atom stereocenters.